The Morgan fingerprint density at radius 2 is 1.96 bits per heavy atom. The van der Waals surface area contributed by atoms with E-state index < -0.39 is 0 Å². The summed E-state index contributed by atoms with van der Waals surface area (Å²) in [5.41, 5.74) is 0.781. The molecule has 0 atom stereocenters. The molecule has 25 heavy (non-hydrogen) atoms. The minimum Gasteiger partial charge on any atom is -0.383 e. The van der Waals surface area contributed by atoms with E-state index in [0.717, 1.165) is 10.2 Å². The number of piperidine rings is 1. The summed E-state index contributed by atoms with van der Waals surface area (Å²) in [5.74, 6) is 0.0468. The molecule has 1 aliphatic rings. The molecule has 1 saturated heterocycles. The second-order valence-electron chi connectivity index (χ2n) is 5.79. The monoisotopic (exact) mass is 433 g/mol. The molecule has 0 radical (unpaired) electrons. The minimum absolute atomic E-state index is 0. The number of rotatable bonds is 7. The molecule has 1 aromatic carbocycles. The molecular weight excluding hydrogens is 410 g/mol. The van der Waals surface area contributed by atoms with Crippen LogP contribution in [0.2, 0.25) is 0 Å². The van der Waals surface area contributed by atoms with E-state index in [-0.39, 0.29) is 30.1 Å². The van der Waals surface area contributed by atoms with E-state index in [1.165, 1.54) is 0 Å². The number of ether oxygens (including phenoxy) is 1. The van der Waals surface area contributed by atoms with Gasteiger partial charge in [0.2, 0.25) is 11.8 Å². The summed E-state index contributed by atoms with van der Waals surface area (Å²) in [4.78, 5) is 26.3. The van der Waals surface area contributed by atoms with Crippen LogP contribution in [0, 0.1) is 5.92 Å². The van der Waals surface area contributed by atoms with Crippen LogP contribution >= 0.6 is 28.3 Å². The number of nitrogens with zero attached hydrogens (tertiary/aromatic N) is 1. The lowest BCUT2D eigenvalue weighted by Crippen LogP contribution is -2.45. The maximum Gasteiger partial charge on any atom is 0.236 e. The molecule has 140 valence electrons. The van der Waals surface area contributed by atoms with Crippen molar-refractivity contribution in [2.75, 3.05) is 45.2 Å². The molecule has 1 aliphatic heterocycles. The van der Waals surface area contributed by atoms with E-state index >= 15 is 0 Å². The number of halogens is 2. The average Bonchev–Trinajstić information content (AvgIpc) is 2.60. The van der Waals surface area contributed by atoms with Crippen LogP contribution in [0.15, 0.2) is 28.7 Å². The lowest BCUT2D eigenvalue weighted by Gasteiger charge is -2.31. The third kappa shape index (κ3) is 6.93. The molecule has 0 aromatic heterocycles. The molecule has 1 aromatic rings. The summed E-state index contributed by atoms with van der Waals surface area (Å²) in [5, 5.41) is 6.01. The van der Waals surface area contributed by atoms with Gasteiger partial charge in [-0.2, -0.15) is 0 Å². The summed E-state index contributed by atoms with van der Waals surface area (Å²) >= 11 is 3.43. The molecule has 8 heteroatoms. The van der Waals surface area contributed by atoms with Gasteiger partial charge in [0.05, 0.1) is 18.8 Å². The van der Waals surface area contributed by atoms with Crippen molar-refractivity contribution < 1.29 is 14.3 Å². The van der Waals surface area contributed by atoms with Gasteiger partial charge in [0, 0.05) is 37.1 Å². The van der Waals surface area contributed by atoms with E-state index in [9.17, 15) is 9.59 Å². The molecule has 2 N–H and O–H groups in total. The smallest absolute Gasteiger partial charge is 0.236 e. The number of para-hydroxylation sites is 1. The highest BCUT2D eigenvalue weighted by Crippen LogP contribution is 2.24. The number of nitrogens with one attached hydrogen (secondary N) is 2. The zero-order valence-electron chi connectivity index (χ0n) is 14.3. The van der Waals surface area contributed by atoms with E-state index in [1.807, 2.05) is 29.2 Å². The summed E-state index contributed by atoms with van der Waals surface area (Å²) in [6.07, 6.45) is 1.39. The van der Waals surface area contributed by atoms with Gasteiger partial charge in [0.15, 0.2) is 0 Å². The maximum atomic E-state index is 12.4. The first-order valence-electron chi connectivity index (χ1n) is 8.14. The van der Waals surface area contributed by atoms with Crippen LogP contribution in [0.5, 0.6) is 0 Å². The molecule has 1 heterocycles. The van der Waals surface area contributed by atoms with Crippen molar-refractivity contribution in [3.63, 3.8) is 0 Å². The fourth-order valence-electron chi connectivity index (χ4n) is 2.67. The zero-order chi connectivity index (χ0) is 17.4. The Balaban J connectivity index is 0.00000312. The fraction of sp³-hybridized carbons (Fsp3) is 0.529. The van der Waals surface area contributed by atoms with E-state index in [1.54, 1.807) is 7.11 Å². The number of hydrogen-bond acceptors (Lipinski definition) is 4. The lowest BCUT2D eigenvalue weighted by molar-refractivity contribution is -0.133. The molecule has 0 spiro atoms. The largest absolute Gasteiger partial charge is 0.383 e. The molecule has 2 rings (SSSR count). The molecular formula is C17H25BrClN3O3. The predicted octanol–water partition coefficient (Wildman–Crippen LogP) is 2.28. The van der Waals surface area contributed by atoms with Crippen LogP contribution < -0.4 is 10.6 Å². The van der Waals surface area contributed by atoms with Gasteiger partial charge in [-0.15, -0.1) is 12.4 Å². The van der Waals surface area contributed by atoms with E-state index in [0.29, 0.717) is 45.6 Å². The van der Waals surface area contributed by atoms with Crippen molar-refractivity contribution >= 4 is 45.8 Å². The molecule has 0 unspecified atom stereocenters. The number of carbonyl (C=O) groups excluding carboxylic acids is 2. The molecule has 0 saturated carbocycles. The Kier molecular flexibility index (Phi) is 10.0. The van der Waals surface area contributed by atoms with Crippen molar-refractivity contribution in [1.82, 2.24) is 10.2 Å². The number of methoxy groups -OCH3 is 1. The second-order valence-corrected chi connectivity index (χ2v) is 6.65. The Morgan fingerprint density at radius 3 is 2.60 bits per heavy atom. The van der Waals surface area contributed by atoms with Crippen LogP contribution in [0.3, 0.4) is 0 Å². The van der Waals surface area contributed by atoms with Crippen LogP contribution in [0.1, 0.15) is 12.8 Å². The van der Waals surface area contributed by atoms with Crippen molar-refractivity contribution in [1.29, 1.82) is 0 Å². The first-order chi connectivity index (χ1) is 11.6. The van der Waals surface area contributed by atoms with Crippen LogP contribution in [-0.2, 0) is 14.3 Å². The van der Waals surface area contributed by atoms with Crippen LogP contribution in [0.4, 0.5) is 5.69 Å². The van der Waals surface area contributed by atoms with Gasteiger partial charge in [-0.1, -0.05) is 12.1 Å². The average molecular weight is 435 g/mol. The summed E-state index contributed by atoms with van der Waals surface area (Å²) in [6.45, 7) is 2.81. The van der Waals surface area contributed by atoms with Gasteiger partial charge >= 0.3 is 0 Å². The number of anilines is 1. The van der Waals surface area contributed by atoms with Crippen LogP contribution in [-0.4, -0.2) is 56.6 Å². The SMILES string of the molecule is COCCNCC(=O)N1CCC(C(=O)Nc2ccccc2Br)CC1.Cl. The number of hydrogen-bond donors (Lipinski definition) is 2. The van der Waals surface area contributed by atoms with Gasteiger partial charge in [-0.25, -0.2) is 0 Å². The summed E-state index contributed by atoms with van der Waals surface area (Å²) in [7, 11) is 1.63. The Hall–Kier alpha value is -1.15. The zero-order valence-corrected chi connectivity index (χ0v) is 16.7. The standard InChI is InChI=1S/C17H24BrN3O3.ClH/c1-24-11-8-19-12-16(22)21-9-6-13(7-10-21)17(23)20-15-5-3-2-4-14(15)18;/h2-5,13,19H,6-12H2,1H3,(H,20,23);1H. The fourth-order valence-corrected chi connectivity index (χ4v) is 3.05. The van der Waals surface area contributed by atoms with E-state index in [2.05, 4.69) is 26.6 Å². The first-order valence-corrected chi connectivity index (χ1v) is 8.94. The number of carbonyl (C=O) groups is 2. The van der Waals surface area contributed by atoms with Crippen molar-refractivity contribution in [3.8, 4) is 0 Å². The highest BCUT2D eigenvalue weighted by Gasteiger charge is 2.27. The van der Waals surface area contributed by atoms with Gasteiger partial charge in [0.25, 0.3) is 0 Å². The lowest BCUT2D eigenvalue weighted by atomic mass is 9.95. The highest BCUT2D eigenvalue weighted by atomic mass is 79.9. The molecule has 2 amide bonds. The molecule has 0 aliphatic carbocycles. The number of likely N-dealkylation sites (tertiary alicyclic amines) is 1. The number of amides is 2. The van der Waals surface area contributed by atoms with Crippen molar-refractivity contribution in [2.45, 2.75) is 12.8 Å². The Bertz CT molecular complexity index is 566. The normalized spacial score (nSPS) is 14.7. The van der Waals surface area contributed by atoms with Gasteiger partial charge in [-0.05, 0) is 40.9 Å². The summed E-state index contributed by atoms with van der Waals surface area (Å²) in [6, 6.07) is 7.56. The summed E-state index contributed by atoms with van der Waals surface area (Å²) < 4.78 is 5.80. The third-order valence-electron chi connectivity index (χ3n) is 4.11. The first kappa shape index (κ1) is 21.9. The quantitative estimate of drug-likeness (QED) is 0.646. The van der Waals surface area contributed by atoms with E-state index in [4.69, 9.17) is 4.74 Å². The maximum absolute atomic E-state index is 12.4. The molecule has 0 bridgehead atoms. The third-order valence-corrected chi connectivity index (χ3v) is 4.80. The number of benzene rings is 1. The van der Waals surface area contributed by atoms with Gasteiger partial charge in [-0.3, -0.25) is 9.59 Å². The van der Waals surface area contributed by atoms with Gasteiger partial charge in [0.1, 0.15) is 0 Å². The van der Waals surface area contributed by atoms with Gasteiger partial charge < -0.3 is 20.3 Å². The minimum atomic E-state index is -0.0531. The molecule has 6 nitrogen and oxygen atoms in total. The highest BCUT2D eigenvalue weighted by molar-refractivity contribution is 9.10. The Morgan fingerprint density at radius 1 is 1.28 bits per heavy atom. The predicted molar refractivity (Wildman–Crippen MR) is 104 cm³/mol. The second kappa shape index (κ2) is 11.5. The Labute approximate surface area is 163 Å². The van der Waals surface area contributed by atoms with Crippen molar-refractivity contribution in [3.05, 3.63) is 28.7 Å². The van der Waals surface area contributed by atoms with Crippen LogP contribution in [0.25, 0.3) is 0 Å². The van der Waals surface area contributed by atoms with Crippen molar-refractivity contribution in [2.24, 2.45) is 5.92 Å². The molecule has 1 fully saturated rings. The topological polar surface area (TPSA) is 70.7 Å².